The van der Waals surface area contributed by atoms with E-state index in [4.69, 9.17) is 18.9 Å². The summed E-state index contributed by atoms with van der Waals surface area (Å²) in [5, 5.41) is 10.9. The Labute approximate surface area is 252 Å². The number of methoxy groups -OCH3 is 1. The maximum absolute atomic E-state index is 12.6. The van der Waals surface area contributed by atoms with E-state index in [1.165, 1.54) is 16.5 Å². The third kappa shape index (κ3) is 9.57. The van der Waals surface area contributed by atoms with Gasteiger partial charge in [-0.15, -0.1) is 0 Å². The SMILES string of the molecule is COCCCc1c[nH]c2ccc(C(COCC[Si](C)(C)C)C(CC(OC(=O)O)C3CC(C(C)C)C(=O)O3)C(C)C)cc12. The molecule has 0 spiro atoms. The van der Waals surface area contributed by atoms with Crippen LogP contribution in [0.1, 0.15) is 64.0 Å². The number of H-pyrrole nitrogens is 1. The summed E-state index contributed by atoms with van der Waals surface area (Å²) in [7, 11) is 0.459. The molecular formula is C33H53NO7Si. The maximum atomic E-state index is 12.6. The van der Waals surface area contributed by atoms with Crippen LogP contribution in [0.4, 0.5) is 4.79 Å². The van der Waals surface area contributed by atoms with Gasteiger partial charge in [0.2, 0.25) is 0 Å². The average Bonchev–Trinajstić information content (AvgIpc) is 3.49. The van der Waals surface area contributed by atoms with E-state index in [2.05, 4.69) is 62.9 Å². The van der Waals surface area contributed by atoms with Crippen LogP contribution < -0.4 is 0 Å². The minimum Gasteiger partial charge on any atom is -0.458 e. The summed E-state index contributed by atoms with van der Waals surface area (Å²) in [6.45, 7) is 17.3. The number of hydrogen-bond donors (Lipinski definition) is 2. The molecule has 1 aliphatic heterocycles. The molecule has 1 fully saturated rings. The van der Waals surface area contributed by atoms with E-state index < -0.39 is 26.4 Å². The van der Waals surface area contributed by atoms with Crippen molar-refractivity contribution in [1.29, 1.82) is 0 Å². The summed E-state index contributed by atoms with van der Waals surface area (Å²) in [5.41, 5.74) is 3.52. The van der Waals surface area contributed by atoms with Crippen molar-refractivity contribution in [2.75, 3.05) is 26.9 Å². The topological polar surface area (TPSA) is 107 Å². The highest BCUT2D eigenvalue weighted by molar-refractivity contribution is 6.76. The van der Waals surface area contributed by atoms with Crippen molar-refractivity contribution in [1.82, 2.24) is 4.98 Å². The molecule has 0 bridgehead atoms. The molecule has 1 saturated heterocycles. The molecule has 1 aromatic heterocycles. The largest absolute Gasteiger partial charge is 0.506 e. The number of rotatable bonds is 17. The number of carboxylic acid groups (broad SMARTS) is 1. The van der Waals surface area contributed by atoms with E-state index in [9.17, 15) is 14.7 Å². The first-order valence-corrected chi connectivity index (χ1v) is 19.3. The van der Waals surface area contributed by atoms with Crippen molar-refractivity contribution >= 4 is 31.1 Å². The maximum Gasteiger partial charge on any atom is 0.506 e. The molecule has 0 aliphatic carbocycles. The van der Waals surface area contributed by atoms with E-state index in [0.29, 0.717) is 32.7 Å². The Morgan fingerprint density at radius 2 is 1.90 bits per heavy atom. The van der Waals surface area contributed by atoms with Crippen LogP contribution in [0.25, 0.3) is 10.9 Å². The zero-order chi connectivity index (χ0) is 31.0. The first-order valence-electron chi connectivity index (χ1n) is 15.6. The van der Waals surface area contributed by atoms with Gasteiger partial charge in [0, 0.05) is 57.8 Å². The highest BCUT2D eigenvalue weighted by Gasteiger charge is 2.44. The third-order valence-corrected chi connectivity index (χ3v) is 10.4. The van der Waals surface area contributed by atoms with E-state index in [0.717, 1.165) is 24.4 Å². The smallest absolute Gasteiger partial charge is 0.458 e. The highest BCUT2D eigenvalue weighted by Crippen LogP contribution is 2.40. The molecule has 9 heteroatoms. The number of aromatic nitrogens is 1. The van der Waals surface area contributed by atoms with Crippen LogP contribution in [-0.4, -0.2) is 69.4 Å². The summed E-state index contributed by atoms with van der Waals surface area (Å²) >= 11 is 0. The van der Waals surface area contributed by atoms with Crippen LogP contribution in [0, 0.1) is 23.7 Å². The van der Waals surface area contributed by atoms with Gasteiger partial charge in [-0.3, -0.25) is 4.79 Å². The van der Waals surface area contributed by atoms with E-state index in [1.54, 1.807) is 7.11 Å². The van der Waals surface area contributed by atoms with Crippen LogP contribution in [0.5, 0.6) is 0 Å². The number of fused-ring (bicyclic) bond motifs is 1. The molecule has 1 aromatic carbocycles. The number of cyclic esters (lactones) is 1. The lowest BCUT2D eigenvalue weighted by Gasteiger charge is -2.34. The number of nitrogens with one attached hydrogen (secondary N) is 1. The molecule has 0 amide bonds. The number of ether oxygens (including phenoxy) is 4. The third-order valence-electron chi connectivity index (χ3n) is 8.71. The predicted octanol–water partition coefficient (Wildman–Crippen LogP) is 7.50. The number of esters is 1. The number of hydrogen-bond acceptors (Lipinski definition) is 6. The van der Waals surface area contributed by atoms with Crippen molar-refractivity contribution in [3.05, 3.63) is 35.5 Å². The van der Waals surface area contributed by atoms with Crippen molar-refractivity contribution in [2.45, 2.75) is 97.2 Å². The van der Waals surface area contributed by atoms with Gasteiger partial charge in [0.15, 0.2) is 0 Å². The Balaban J connectivity index is 1.94. The van der Waals surface area contributed by atoms with Crippen LogP contribution >= 0.6 is 0 Å². The minimum absolute atomic E-state index is 0.00987. The molecule has 3 rings (SSSR count). The van der Waals surface area contributed by atoms with Gasteiger partial charge in [-0.25, -0.2) is 4.79 Å². The predicted molar refractivity (Wildman–Crippen MR) is 169 cm³/mol. The van der Waals surface area contributed by atoms with Crippen LogP contribution in [0.3, 0.4) is 0 Å². The molecule has 236 valence electrons. The number of aryl methyl sites for hydroxylation is 1. The molecule has 0 radical (unpaired) electrons. The first kappa shape index (κ1) is 34.1. The fourth-order valence-electron chi connectivity index (χ4n) is 6.07. The minimum atomic E-state index is -1.34. The van der Waals surface area contributed by atoms with Crippen LogP contribution in [0.2, 0.25) is 25.7 Å². The van der Waals surface area contributed by atoms with Crippen molar-refractivity contribution < 1.29 is 33.6 Å². The first-order chi connectivity index (χ1) is 19.8. The Morgan fingerprint density at radius 1 is 1.17 bits per heavy atom. The standard InChI is InChI=1S/C33H53NO7Si/c1-21(2)25(17-31(41-33(36)37)30-18-26(22(3)4)32(35)40-30)28(20-39-14-15-42(6,7)8)23-11-12-29-27(16-23)24(19-34-29)10-9-13-38-5/h11-12,16,19,21-22,25-26,28,30-31,34H,9-10,13-15,17-18,20H2,1-8H3,(H,36,37). The number of benzene rings is 1. The molecule has 2 N–H and O–H groups in total. The second-order valence-corrected chi connectivity index (χ2v) is 19.5. The Hall–Kier alpha value is -2.36. The summed E-state index contributed by atoms with van der Waals surface area (Å²) < 4.78 is 22.9. The normalized spacial score (nSPS) is 19.8. The lowest BCUT2D eigenvalue weighted by molar-refractivity contribution is -0.149. The zero-order valence-corrected chi connectivity index (χ0v) is 27.9. The average molecular weight is 604 g/mol. The lowest BCUT2D eigenvalue weighted by Crippen LogP contribution is -2.36. The molecule has 1 aliphatic rings. The van der Waals surface area contributed by atoms with Gasteiger partial charge in [-0.2, -0.15) is 0 Å². The van der Waals surface area contributed by atoms with Gasteiger partial charge in [0.05, 0.1) is 12.5 Å². The number of carbonyl (C=O) groups is 2. The van der Waals surface area contributed by atoms with Gasteiger partial charge in [0.1, 0.15) is 12.2 Å². The van der Waals surface area contributed by atoms with Crippen molar-refractivity contribution in [2.24, 2.45) is 23.7 Å². The van der Waals surface area contributed by atoms with E-state index >= 15 is 0 Å². The quantitative estimate of drug-likeness (QED) is 0.110. The molecule has 8 nitrogen and oxygen atoms in total. The van der Waals surface area contributed by atoms with Gasteiger partial charge in [-0.1, -0.05) is 53.4 Å². The Bertz CT molecular complexity index is 1150. The molecule has 2 heterocycles. The van der Waals surface area contributed by atoms with Gasteiger partial charge < -0.3 is 29.0 Å². The summed E-state index contributed by atoms with van der Waals surface area (Å²) in [6, 6.07) is 7.64. The Kier molecular flexibility index (Phi) is 12.5. The van der Waals surface area contributed by atoms with Crippen molar-refractivity contribution in [3.8, 4) is 0 Å². The molecule has 0 saturated carbocycles. The van der Waals surface area contributed by atoms with Gasteiger partial charge in [-0.05, 0) is 66.3 Å². The fraction of sp³-hybridized carbons (Fsp3) is 0.697. The number of aromatic amines is 1. The zero-order valence-electron chi connectivity index (χ0n) is 26.9. The van der Waals surface area contributed by atoms with E-state index in [-0.39, 0.29) is 35.6 Å². The summed E-state index contributed by atoms with van der Waals surface area (Å²) in [4.78, 5) is 27.9. The summed E-state index contributed by atoms with van der Waals surface area (Å²) in [6.07, 6.45) is 2.18. The van der Waals surface area contributed by atoms with Crippen LogP contribution in [0.15, 0.2) is 24.4 Å². The lowest BCUT2D eigenvalue weighted by atomic mass is 9.75. The van der Waals surface area contributed by atoms with Crippen LogP contribution in [-0.2, 0) is 30.2 Å². The second-order valence-electron chi connectivity index (χ2n) is 13.8. The summed E-state index contributed by atoms with van der Waals surface area (Å²) in [5.74, 6) is -0.146. The Morgan fingerprint density at radius 3 is 2.50 bits per heavy atom. The van der Waals surface area contributed by atoms with Crippen molar-refractivity contribution in [3.63, 3.8) is 0 Å². The van der Waals surface area contributed by atoms with Gasteiger partial charge >= 0.3 is 12.1 Å². The molecule has 2 aromatic rings. The monoisotopic (exact) mass is 603 g/mol. The molecule has 42 heavy (non-hydrogen) atoms. The van der Waals surface area contributed by atoms with E-state index in [1.807, 2.05) is 13.8 Å². The molecule has 5 unspecified atom stereocenters. The molecule has 5 atom stereocenters. The second kappa shape index (κ2) is 15.4. The highest BCUT2D eigenvalue weighted by atomic mass is 28.3. The van der Waals surface area contributed by atoms with Gasteiger partial charge in [0.25, 0.3) is 0 Å². The fourth-order valence-corrected chi connectivity index (χ4v) is 6.83. The molecular weight excluding hydrogens is 550 g/mol. The number of carbonyl (C=O) groups excluding carboxylic acids is 1.